The van der Waals surface area contributed by atoms with Gasteiger partial charge in [-0.2, -0.15) is 8.78 Å². The van der Waals surface area contributed by atoms with E-state index in [2.05, 4.69) is 15.0 Å². The Hall–Kier alpha value is -2.52. The van der Waals surface area contributed by atoms with Crippen molar-refractivity contribution in [1.82, 2.24) is 15.2 Å². The van der Waals surface area contributed by atoms with E-state index in [1.54, 1.807) is 6.07 Å². The molecule has 32 heavy (non-hydrogen) atoms. The number of carbonyl (C=O) groups is 2. The lowest BCUT2D eigenvalue weighted by Crippen LogP contribution is -2.46. The molecule has 4 rings (SSSR count). The molecule has 1 aromatic heterocycles. The first-order valence-corrected chi connectivity index (χ1v) is 11.0. The van der Waals surface area contributed by atoms with E-state index in [9.17, 15) is 18.4 Å². The minimum absolute atomic E-state index is 0.00427. The summed E-state index contributed by atoms with van der Waals surface area (Å²) in [5.74, 6) is -0.257. The quantitative estimate of drug-likeness (QED) is 0.726. The first kappa shape index (κ1) is 22.7. The molecule has 0 atom stereocenters. The van der Waals surface area contributed by atoms with E-state index >= 15 is 0 Å². The predicted molar refractivity (Wildman–Crippen MR) is 114 cm³/mol. The van der Waals surface area contributed by atoms with Gasteiger partial charge in [-0.1, -0.05) is 11.6 Å². The van der Waals surface area contributed by atoms with E-state index in [-0.39, 0.29) is 34.5 Å². The number of rotatable bonds is 5. The van der Waals surface area contributed by atoms with Crippen LogP contribution in [0.5, 0.6) is 5.75 Å². The fourth-order valence-corrected chi connectivity index (χ4v) is 4.45. The van der Waals surface area contributed by atoms with Gasteiger partial charge in [0.15, 0.2) is 0 Å². The van der Waals surface area contributed by atoms with Gasteiger partial charge in [-0.3, -0.25) is 14.6 Å². The van der Waals surface area contributed by atoms with Crippen molar-refractivity contribution in [2.75, 3.05) is 26.3 Å². The highest BCUT2D eigenvalue weighted by molar-refractivity contribution is 6.32. The molecule has 1 saturated carbocycles. The van der Waals surface area contributed by atoms with Gasteiger partial charge in [0.2, 0.25) is 5.91 Å². The maximum atomic E-state index is 12.7. The lowest BCUT2D eigenvalue weighted by atomic mass is 9.85. The zero-order chi connectivity index (χ0) is 22.7. The number of amides is 2. The number of carbonyl (C=O) groups excluding carboxylic acids is 2. The van der Waals surface area contributed by atoms with E-state index in [1.165, 1.54) is 18.3 Å². The van der Waals surface area contributed by atoms with Gasteiger partial charge >= 0.3 is 6.61 Å². The van der Waals surface area contributed by atoms with Crippen molar-refractivity contribution in [3.8, 4) is 5.75 Å². The van der Waals surface area contributed by atoms with Crippen LogP contribution < -0.4 is 10.1 Å². The first-order valence-electron chi connectivity index (χ1n) is 10.6. The number of alkyl halides is 2. The van der Waals surface area contributed by atoms with Gasteiger partial charge in [-0.05, 0) is 37.8 Å². The third kappa shape index (κ3) is 5.27. The summed E-state index contributed by atoms with van der Waals surface area (Å²) in [6.45, 7) is -0.533. The highest BCUT2D eigenvalue weighted by atomic mass is 35.5. The number of aromatic nitrogens is 1. The fraction of sp³-hybridized carbons (Fsp3) is 0.500. The normalized spacial score (nSPS) is 21.6. The lowest BCUT2D eigenvalue weighted by molar-refractivity contribution is -0.140. The van der Waals surface area contributed by atoms with Crippen LogP contribution in [0.3, 0.4) is 0 Å². The summed E-state index contributed by atoms with van der Waals surface area (Å²) in [5.41, 5.74) is 0.742. The molecule has 0 spiro atoms. The van der Waals surface area contributed by atoms with Gasteiger partial charge in [0, 0.05) is 42.7 Å². The Labute approximate surface area is 189 Å². The van der Waals surface area contributed by atoms with E-state index in [1.807, 2.05) is 4.90 Å². The molecule has 1 saturated heterocycles. The minimum atomic E-state index is -2.99. The molecule has 1 aliphatic heterocycles. The highest BCUT2D eigenvalue weighted by Crippen LogP contribution is 2.31. The Kier molecular flexibility index (Phi) is 7.05. The molecule has 7 nitrogen and oxygen atoms in total. The Balaban J connectivity index is 1.35. The molecule has 1 aliphatic carbocycles. The number of benzene rings is 1. The van der Waals surface area contributed by atoms with E-state index in [0.717, 1.165) is 25.7 Å². The molecule has 10 heteroatoms. The van der Waals surface area contributed by atoms with Crippen molar-refractivity contribution in [3.63, 3.8) is 0 Å². The fourth-order valence-electron chi connectivity index (χ4n) is 4.24. The highest BCUT2D eigenvalue weighted by Gasteiger charge is 2.30. The van der Waals surface area contributed by atoms with Crippen molar-refractivity contribution in [3.05, 3.63) is 35.0 Å². The molecule has 2 heterocycles. The smallest absolute Gasteiger partial charge is 0.387 e. The molecule has 2 fully saturated rings. The van der Waals surface area contributed by atoms with Crippen molar-refractivity contribution in [2.45, 2.75) is 38.3 Å². The Bertz CT molecular complexity index is 993. The zero-order valence-electron chi connectivity index (χ0n) is 17.4. The summed E-state index contributed by atoms with van der Waals surface area (Å²) in [4.78, 5) is 31.4. The molecule has 1 aromatic carbocycles. The van der Waals surface area contributed by atoms with Crippen molar-refractivity contribution in [2.24, 2.45) is 5.92 Å². The van der Waals surface area contributed by atoms with Crippen LogP contribution in [0, 0.1) is 5.92 Å². The van der Waals surface area contributed by atoms with E-state index in [4.69, 9.17) is 16.3 Å². The third-order valence-electron chi connectivity index (χ3n) is 5.95. The maximum absolute atomic E-state index is 12.7. The van der Waals surface area contributed by atoms with E-state index < -0.39 is 6.61 Å². The number of nitrogens with zero attached hydrogens (tertiary/aromatic N) is 2. The summed E-state index contributed by atoms with van der Waals surface area (Å²) in [6, 6.07) is 4.36. The zero-order valence-corrected chi connectivity index (χ0v) is 18.1. The third-order valence-corrected chi connectivity index (χ3v) is 6.24. The summed E-state index contributed by atoms with van der Waals surface area (Å²) >= 11 is 6.01. The molecule has 0 bridgehead atoms. The number of morpholine rings is 1. The van der Waals surface area contributed by atoms with Crippen LogP contribution in [-0.2, 0) is 9.53 Å². The topological polar surface area (TPSA) is 80.8 Å². The molecule has 0 unspecified atom stereocenters. The average molecular weight is 468 g/mol. The van der Waals surface area contributed by atoms with Gasteiger partial charge in [0.05, 0.1) is 29.3 Å². The van der Waals surface area contributed by atoms with Crippen LogP contribution in [0.1, 0.15) is 36.0 Å². The number of ether oxygens (including phenoxy) is 2. The molecular formula is C22H24ClF2N3O4. The van der Waals surface area contributed by atoms with Crippen molar-refractivity contribution < 1.29 is 27.8 Å². The van der Waals surface area contributed by atoms with Gasteiger partial charge in [-0.15, -0.1) is 0 Å². The van der Waals surface area contributed by atoms with Gasteiger partial charge in [0.1, 0.15) is 5.75 Å². The Morgan fingerprint density at radius 3 is 2.56 bits per heavy atom. The summed E-state index contributed by atoms with van der Waals surface area (Å²) in [6.07, 6.45) is 4.33. The van der Waals surface area contributed by atoms with Gasteiger partial charge in [0.25, 0.3) is 5.91 Å². The lowest BCUT2D eigenvalue weighted by Gasteiger charge is -2.34. The van der Waals surface area contributed by atoms with Crippen LogP contribution in [0.25, 0.3) is 10.9 Å². The second-order valence-electron chi connectivity index (χ2n) is 8.04. The van der Waals surface area contributed by atoms with E-state index in [0.29, 0.717) is 42.8 Å². The van der Waals surface area contributed by atoms with Crippen LogP contribution >= 0.6 is 11.6 Å². The van der Waals surface area contributed by atoms with Crippen LogP contribution in [0.4, 0.5) is 8.78 Å². The SMILES string of the molecule is O=C(N[C@H]1CC[C@H](C(=O)N2CCOCC2)CC1)c1cnc2cc(OC(F)F)c(Cl)cc2c1. The second kappa shape index (κ2) is 9.95. The Morgan fingerprint density at radius 2 is 1.88 bits per heavy atom. The first-order chi connectivity index (χ1) is 15.4. The number of hydrogen-bond acceptors (Lipinski definition) is 5. The monoisotopic (exact) mass is 467 g/mol. The molecular weight excluding hydrogens is 444 g/mol. The molecule has 2 amide bonds. The molecule has 2 aromatic rings. The minimum Gasteiger partial charge on any atom is -0.433 e. The predicted octanol–water partition coefficient (Wildman–Crippen LogP) is 3.64. The number of hydrogen-bond donors (Lipinski definition) is 1. The van der Waals surface area contributed by atoms with Crippen molar-refractivity contribution >= 4 is 34.3 Å². The molecule has 1 N–H and O–H groups in total. The van der Waals surface area contributed by atoms with Gasteiger partial charge in [-0.25, -0.2) is 0 Å². The number of fused-ring (bicyclic) bond motifs is 1. The Morgan fingerprint density at radius 1 is 1.16 bits per heavy atom. The molecule has 172 valence electrons. The van der Waals surface area contributed by atoms with Gasteiger partial charge < -0.3 is 19.7 Å². The number of pyridine rings is 1. The molecule has 0 radical (unpaired) electrons. The number of nitrogens with one attached hydrogen (secondary N) is 1. The standard InChI is InChI=1S/C22H24ClF2N3O4/c23-17-10-14-9-15(12-26-18(14)11-19(17)32-22(24)25)20(29)27-16-3-1-13(2-4-16)21(30)28-5-7-31-8-6-28/h9-13,16,22H,1-8H2,(H,27,29)/t13-,16-. The maximum Gasteiger partial charge on any atom is 0.387 e. The van der Waals surface area contributed by atoms with Crippen LogP contribution in [0.2, 0.25) is 5.02 Å². The summed E-state index contributed by atoms with van der Waals surface area (Å²) in [5, 5.41) is 3.57. The van der Waals surface area contributed by atoms with Crippen LogP contribution in [-0.4, -0.2) is 60.7 Å². The summed E-state index contributed by atoms with van der Waals surface area (Å²) < 4.78 is 34.6. The van der Waals surface area contributed by atoms with Crippen LogP contribution in [0.15, 0.2) is 24.4 Å². The second-order valence-corrected chi connectivity index (χ2v) is 8.44. The summed E-state index contributed by atoms with van der Waals surface area (Å²) in [7, 11) is 0. The average Bonchev–Trinajstić information content (AvgIpc) is 2.79. The molecule has 2 aliphatic rings. The number of halogens is 3. The van der Waals surface area contributed by atoms with Crippen molar-refractivity contribution in [1.29, 1.82) is 0 Å². The largest absolute Gasteiger partial charge is 0.433 e.